The van der Waals surface area contributed by atoms with Crippen LogP contribution in [-0.4, -0.2) is 0 Å². The summed E-state index contributed by atoms with van der Waals surface area (Å²) < 4.78 is 4.77. The molecule has 0 aromatic carbocycles. The summed E-state index contributed by atoms with van der Waals surface area (Å²) in [7, 11) is 0. The van der Waals surface area contributed by atoms with Gasteiger partial charge in [-0.05, 0) is 12.2 Å². The molecule has 2 heteroatoms. The van der Waals surface area contributed by atoms with Crippen molar-refractivity contribution in [3.8, 4) is 0 Å². The van der Waals surface area contributed by atoms with Crippen molar-refractivity contribution in [1.82, 2.24) is 0 Å². The quantitative estimate of drug-likeness (QED) is 0.482. The van der Waals surface area contributed by atoms with Gasteiger partial charge in [0.05, 0.1) is 12.5 Å². The molecule has 0 aromatic rings. The fraction of sp³-hybridized carbons (Fsp3) is 0. The second-order valence-electron chi connectivity index (χ2n) is 1.18. The van der Waals surface area contributed by atoms with Crippen LogP contribution in [0.25, 0.3) is 0 Å². The minimum Gasteiger partial charge on any atom is -0.473 e. The lowest BCUT2D eigenvalue weighted by Gasteiger charge is -1.79. The molecule has 0 saturated heterocycles. The highest BCUT2D eigenvalue weighted by atomic mass is 32.1. The van der Waals surface area contributed by atoms with Crippen molar-refractivity contribution < 1.29 is 4.74 Å². The third-order valence-electron chi connectivity index (χ3n) is 0.648. The summed E-state index contributed by atoms with van der Waals surface area (Å²) in [6, 6.07) is 0. The number of hydrogen-bond acceptors (Lipinski definition) is 1. The van der Waals surface area contributed by atoms with Crippen LogP contribution in [0.2, 0.25) is 0 Å². The summed E-state index contributed by atoms with van der Waals surface area (Å²) in [5.41, 5.74) is 0. The maximum Gasteiger partial charge on any atom is 0.0901 e. The molecular weight excluding hydrogens is 120 g/mol. The van der Waals surface area contributed by atoms with Crippen LogP contribution >= 0.6 is 13.5 Å². The first-order valence-electron chi connectivity index (χ1n) is 2.14. The van der Waals surface area contributed by atoms with Gasteiger partial charge in [0.2, 0.25) is 0 Å². The van der Waals surface area contributed by atoms with Gasteiger partial charge in [0, 0.05) is 0 Å². The van der Waals surface area contributed by atoms with Gasteiger partial charge in [-0.1, -0.05) is 12.2 Å². The summed E-state index contributed by atoms with van der Waals surface area (Å²) >= 11 is 0. The van der Waals surface area contributed by atoms with Gasteiger partial charge in [0.15, 0.2) is 0 Å². The van der Waals surface area contributed by atoms with Crippen LogP contribution < -0.4 is 0 Å². The SMILES string of the molecule is C1=CC=COC=C1.S. The lowest BCUT2D eigenvalue weighted by molar-refractivity contribution is 0.404. The monoisotopic (exact) mass is 128 g/mol. The number of allylic oxidation sites excluding steroid dienone is 4. The average molecular weight is 128 g/mol. The van der Waals surface area contributed by atoms with Crippen molar-refractivity contribution >= 4 is 13.5 Å². The van der Waals surface area contributed by atoms with E-state index in [9.17, 15) is 0 Å². The number of hydrogen-bond donors (Lipinski definition) is 0. The van der Waals surface area contributed by atoms with E-state index >= 15 is 0 Å². The Bertz CT molecular complexity index is 110. The van der Waals surface area contributed by atoms with Crippen LogP contribution in [0.5, 0.6) is 0 Å². The standard InChI is InChI=1S/C6H6O.H2S/c1-2-4-6-7-5-3-1;/h1-6H;1H2. The van der Waals surface area contributed by atoms with Crippen LogP contribution in [0.4, 0.5) is 0 Å². The molecule has 1 aliphatic heterocycles. The minimum absolute atomic E-state index is 0. The molecule has 0 unspecified atom stereocenters. The molecule has 0 saturated carbocycles. The van der Waals surface area contributed by atoms with Gasteiger partial charge in [0.25, 0.3) is 0 Å². The van der Waals surface area contributed by atoms with Crippen molar-refractivity contribution in [2.24, 2.45) is 0 Å². The van der Waals surface area contributed by atoms with Gasteiger partial charge >= 0.3 is 0 Å². The molecule has 44 valence electrons. The second kappa shape index (κ2) is 4.53. The largest absolute Gasteiger partial charge is 0.473 e. The molecule has 0 bridgehead atoms. The Balaban J connectivity index is 0.000000490. The normalized spacial score (nSPS) is 14.0. The average Bonchev–Trinajstić information content (AvgIpc) is 1.90. The third kappa shape index (κ3) is 2.53. The molecule has 0 aliphatic carbocycles. The highest BCUT2D eigenvalue weighted by Crippen LogP contribution is 1.88. The van der Waals surface area contributed by atoms with E-state index in [1.165, 1.54) is 0 Å². The van der Waals surface area contributed by atoms with Crippen LogP contribution in [0.3, 0.4) is 0 Å². The second-order valence-corrected chi connectivity index (χ2v) is 1.18. The van der Waals surface area contributed by atoms with E-state index in [0.29, 0.717) is 0 Å². The third-order valence-corrected chi connectivity index (χ3v) is 0.648. The number of rotatable bonds is 0. The summed E-state index contributed by atoms with van der Waals surface area (Å²) in [5.74, 6) is 0. The van der Waals surface area contributed by atoms with E-state index in [1.54, 1.807) is 12.5 Å². The van der Waals surface area contributed by atoms with Crippen molar-refractivity contribution in [2.45, 2.75) is 0 Å². The Labute approximate surface area is 55.8 Å². The summed E-state index contributed by atoms with van der Waals surface area (Å²) in [6.45, 7) is 0. The van der Waals surface area contributed by atoms with E-state index in [1.807, 2.05) is 24.3 Å². The van der Waals surface area contributed by atoms with Gasteiger partial charge < -0.3 is 4.74 Å². The fourth-order valence-corrected chi connectivity index (χ4v) is 0.355. The Kier molecular flexibility index (Phi) is 4.17. The fourth-order valence-electron chi connectivity index (χ4n) is 0.355. The summed E-state index contributed by atoms with van der Waals surface area (Å²) in [6.07, 6.45) is 10.7. The molecular formula is C6H8OS. The maximum absolute atomic E-state index is 4.77. The van der Waals surface area contributed by atoms with Gasteiger partial charge in [0.1, 0.15) is 0 Å². The van der Waals surface area contributed by atoms with Crippen LogP contribution in [0.1, 0.15) is 0 Å². The van der Waals surface area contributed by atoms with Crippen LogP contribution in [0, 0.1) is 0 Å². The van der Waals surface area contributed by atoms with Gasteiger partial charge in [-0.2, -0.15) is 13.5 Å². The van der Waals surface area contributed by atoms with E-state index in [2.05, 4.69) is 0 Å². The minimum atomic E-state index is 0. The molecule has 0 aromatic heterocycles. The molecule has 0 radical (unpaired) electrons. The smallest absolute Gasteiger partial charge is 0.0901 e. The molecule has 1 heterocycles. The Morgan fingerprint density at radius 2 is 1.25 bits per heavy atom. The summed E-state index contributed by atoms with van der Waals surface area (Å²) in [5, 5.41) is 0. The van der Waals surface area contributed by atoms with Crippen molar-refractivity contribution in [3.05, 3.63) is 36.8 Å². The molecule has 1 rings (SSSR count). The Hall–Kier alpha value is -0.630. The van der Waals surface area contributed by atoms with E-state index in [0.717, 1.165) is 0 Å². The van der Waals surface area contributed by atoms with Crippen molar-refractivity contribution in [3.63, 3.8) is 0 Å². The van der Waals surface area contributed by atoms with Gasteiger partial charge in [-0.15, -0.1) is 0 Å². The van der Waals surface area contributed by atoms with Gasteiger partial charge in [-0.3, -0.25) is 0 Å². The predicted octanol–water partition coefficient (Wildman–Crippen LogP) is 1.71. The van der Waals surface area contributed by atoms with Crippen molar-refractivity contribution in [1.29, 1.82) is 0 Å². The van der Waals surface area contributed by atoms with Gasteiger partial charge in [-0.25, -0.2) is 0 Å². The predicted molar refractivity (Wildman–Crippen MR) is 38.9 cm³/mol. The molecule has 0 atom stereocenters. The zero-order chi connectivity index (χ0) is 4.95. The zero-order valence-corrected chi connectivity index (χ0v) is 5.37. The van der Waals surface area contributed by atoms with E-state index in [4.69, 9.17) is 4.74 Å². The summed E-state index contributed by atoms with van der Waals surface area (Å²) in [4.78, 5) is 0. The Morgan fingerprint density at radius 3 is 1.75 bits per heavy atom. The lowest BCUT2D eigenvalue weighted by atomic mass is 10.5. The maximum atomic E-state index is 4.77. The molecule has 0 amide bonds. The lowest BCUT2D eigenvalue weighted by Crippen LogP contribution is -1.56. The van der Waals surface area contributed by atoms with Crippen LogP contribution in [0.15, 0.2) is 36.8 Å². The van der Waals surface area contributed by atoms with E-state index in [-0.39, 0.29) is 13.5 Å². The molecule has 0 spiro atoms. The molecule has 0 N–H and O–H groups in total. The van der Waals surface area contributed by atoms with E-state index < -0.39 is 0 Å². The Morgan fingerprint density at radius 1 is 0.750 bits per heavy atom. The highest BCUT2D eigenvalue weighted by molar-refractivity contribution is 7.59. The molecule has 0 fully saturated rings. The topological polar surface area (TPSA) is 9.23 Å². The molecule has 1 nitrogen and oxygen atoms in total. The van der Waals surface area contributed by atoms with Crippen LogP contribution in [-0.2, 0) is 4.74 Å². The first-order chi connectivity index (χ1) is 3.50. The highest BCUT2D eigenvalue weighted by Gasteiger charge is 1.69. The zero-order valence-electron chi connectivity index (χ0n) is 4.37. The molecule has 1 aliphatic rings. The van der Waals surface area contributed by atoms with Crippen molar-refractivity contribution in [2.75, 3.05) is 0 Å². The molecule has 8 heavy (non-hydrogen) atoms. The first kappa shape index (κ1) is 7.37. The first-order valence-corrected chi connectivity index (χ1v) is 2.14. The number of ether oxygens (including phenoxy) is 1.